The van der Waals surface area contributed by atoms with E-state index in [0.717, 1.165) is 5.56 Å². The number of carbonyl (C=O) groups excluding carboxylic acids is 4. The number of carbonyl (C=O) groups is 4. The second kappa shape index (κ2) is 8.38. The first-order valence-corrected chi connectivity index (χ1v) is 12.8. The van der Waals surface area contributed by atoms with Crippen molar-refractivity contribution in [3.63, 3.8) is 0 Å². The molecule has 9 heteroatoms. The molecule has 1 spiro atoms. The summed E-state index contributed by atoms with van der Waals surface area (Å²) >= 11 is 0. The Labute approximate surface area is 221 Å². The lowest BCUT2D eigenvalue weighted by Gasteiger charge is -2.42. The van der Waals surface area contributed by atoms with E-state index in [1.165, 1.54) is 28.0 Å². The summed E-state index contributed by atoms with van der Waals surface area (Å²) in [6.07, 6.45) is 0.344. The maximum Gasteiger partial charge on any atom is 0.255 e. The molecule has 3 heterocycles. The lowest BCUT2D eigenvalue weighted by molar-refractivity contribution is -0.143. The van der Waals surface area contributed by atoms with Gasteiger partial charge in [0.2, 0.25) is 17.7 Å². The van der Waals surface area contributed by atoms with E-state index >= 15 is 0 Å². The normalized spacial score (nSPS) is 24.4. The molecule has 1 fully saturated rings. The van der Waals surface area contributed by atoms with Crippen molar-refractivity contribution < 1.29 is 23.6 Å². The molecule has 0 bridgehead atoms. The van der Waals surface area contributed by atoms with Gasteiger partial charge < -0.3 is 20.9 Å². The molecule has 1 unspecified atom stereocenters. The van der Waals surface area contributed by atoms with E-state index < -0.39 is 40.7 Å². The minimum Gasteiger partial charge on any atom is -0.368 e. The van der Waals surface area contributed by atoms with Crippen molar-refractivity contribution in [1.82, 2.24) is 9.80 Å². The van der Waals surface area contributed by atoms with Gasteiger partial charge in [-0.3, -0.25) is 19.2 Å². The predicted molar refractivity (Wildman–Crippen MR) is 140 cm³/mol. The number of amides is 4. The summed E-state index contributed by atoms with van der Waals surface area (Å²) in [5, 5.41) is 2.88. The topological polar surface area (TPSA) is 113 Å². The number of halogens is 1. The van der Waals surface area contributed by atoms with E-state index in [2.05, 4.69) is 5.32 Å². The molecule has 5 rings (SSSR count). The molecule has 38 heavy (non-hydrogen) atoms. The molecule has 0 aromatic heterocycles. The fraction of sp³-hybridized carbons (Fsp3) is 0.448. The van der Waals surface area contributed by atoms with Gasteiger partial charge >= 0.3 is 0 Å². The first-order valence-electron chi connectivity index (χ1n) is 12.8. The van der Waals surface area contributed by atoms with Gasteiger partial charge in [-0.15, -0.1) is 0 Å². The Hall–Kier alpha value is -3.75. The molecule has 3 aliphatic rings. The Morgan fingerprint density at radius 1 is 1.13 bits per heavy atom. The quantitative estimate of drug-likeness (QED) is 0.644. The van der Waals surface area contributed by atoms with Crippen molar-refractivity contribution in [2.24, 2.45) is 11.1 Å². The van der Waals surface area contributed by atoms with Crippen LogP contribution >= 0.6 is 0 Å². The van der Waals surface area contributed by atoms with Gasteiger partial charge in [0.1, 0.15) is 17.9 Å². The van der Waals surface area contributed by atoms with E-state index in [9.17, 15) is 23.6 Å². The second-order valence-corrected chi connectivity index (χ2v) is 12.4. The second-order valence-electron chi connectivity index (χ2n) is 12.4. The van der Waals surface area contributed by atoms with Crippen LogP contribution in [0.5, 0.6) is 0 Å². The number of benzene rings is 2. The fourth-order valence-corrected chi connectivity index (χ4v) is 6.44. The van der Waals surface area contributed by atoms with Gasteiger partial charge in [0.25, 0.3) is 5.91 Å². The average molecular weight is 521 g/mol. The Balaban J connectivity index is 1.58. The maximum atomic E-state index is 14.5. The van der Waals surface area contributed by atoms with Gasteiger partial charge in [0, 0.05) is 17.8 Å². The predicted octanol–water partition coefficient (Wildman–Crippen LogP) is 3.30. The number of nitrogens with two attached hydrogens (primary N) is 1. The fourth-order valence-electron chi connectivity index (χ4n) is 6.44. The van der Waals surface area contributed by atoms with Crippen LogP contribution in [0.2, 0.25) is 0 Å². The molecular formula is C29H33FN4O4. The van der Waals surface area contributed by atoms with Crippen LogP contribution in [-0.2, 0) is 25.3 Å². The molecule has 2 aromatic carbocycles. The molecule has 200 valence electrons. The SMILES string of the molecule is CC(C)(C)CC(C(=O)N1C[C@]2(C[C@H]1C(N)=O)C(=O)Nc1ccccc12)N1C(=O)c2ccc(F)cc2C1(C)C. The van der Waals surface area contributed by atoms with Crippen molar-refractivity contribution in [2.45, 2.75) is 70.5 Å². The number of anilines is 1. The lowest BCUT2D eigenvalue weighted by Crippen LogP contribution is -2.57. The highest BCUT2D eigenvalue weighted by Gasteiger charge is 2.59. The minimum absolute atomic E-state index is 0.0348. The van der Waals surface area contributed by atoms with Crippen LogP contribution in [0.15, 0.2) is 42.5 Å². The third-order valence-corrected chi connectivity index (χ3v) is 8.19. The highest BCUT2D eigenvalue weighted by atomic mass is 19.1. The first kappa shape index (κ1) is 25.9. The third kappa shape index (κ3) is 3.78. The van der Waals surface area contributed by atoms with E-state index in [0.29, 0.717) is 16.8 Å². The van der Waals surface area contributed by atoms with Crippen molar-refractivity contribution in [3.8, 4) is 0 Å². The zero-order valence-electron chi connectivity index (χ0n) is 22.3. The molecule has 0 aliphatic carbocycles. The number of likely N-dealkylation sites (tertiary alicyclic amines) is 1. The van der Waals surface area contributed by atoms with Gasteiger partial charge in [-0.05, 0) is 67.5 Å². The molecule has 3 aliphatic heterocycles. The molecule has 0 saturated carbocycles. The molecular weight excluding hydrogens is 487 g/mol. The summed E-state index contributed by atoms with van der Waals surface area (Å²) in [5.74, 6) is -2.28. The number of nitrogens with one attached hydrogen (secondary N) is 1. The molecule has 1 saturated heterocycles. The van der Waals surface area contributed by atoms with Gasteiger partial charge in [0.15, 0.2) is 0 Å². The van der Waals surface area contributed by atoms with Crippen LogP contribution in [0.3, 0.4) is 0 Å². The highest BCUT2D eigenvalue weighted by molar-refractivity contribution is 6.09. The zero-order chi connectivity index (χ0) is 27.8. The average Bonchev–Trinajstić information content (AvgIpc) is 3.42. The molecule has 0 radical (unpaired) electrons. The van der Waals surface area contributed by atoms with Gasteiger partial charge in [0.05, 0.1) is 11.0 Å². The first-order chi connectivity index (χ1) is 17.7. The largest absolute Gasteiger partial charge is 0.368 e. The summed E-state index contributed by atoms with van der Waals surface area (Å²) in [4.78, 5) is 57.0. The molecule has 2 aromatic rings. The lowest BCUT2D eigenvalue weighted by atomic mass is 9.79. The van der Waals surface area contributed by atoms with Crippen molar-refractivity contribution in [3.05, 3.63) is 65.0 Å². The van der Waals surface area contributed by atoms with Crippen molar-refractivity contribution in [1.29, 1.82) is 0 Å². The van der Waals surface area contributed by atoms with Gasteiger partial charge in [-0.2, -0.15) is 0 Å². The monoisotopic (exact) mass is 520 g/mol. The zero-order valence-corrected chi connectivity index (χ0v) is 22.3. The number of rotatable bonds is 4. The van der Waals surface area contributed by atoms with Crippen LogP contribution in [0, 0.1) is 11.2 Å². The van der Waals surface area contributed by atoms with Crippen molar-refractivity contribution in [2.75, 3.05) is 11.9 Å². The Morgan fingerprint density at radius 3 is 2.47 bits per heavy atom. The summed E-state index contributed by atoms with van der Waals surface area (Å²) in [7, 11) is 0. The Bertz CT molecular complexity index is 1380. The maximum absolute atomic E-state index is 14.5. The van der Waals surface area contributed by atoms with E-state index in [1.807, 2.05) is 39.0 Å². The highest BCUT2D eigenvalue weighted by Crippen LogP contribution is 2.48. The van der Waals surface area contributed by atoms with Crippen LogP contribution in [0.1, 0.15) is 68.9 Å². The standard InChI is InChI=1S/C29H33FN4O4/c1-27(2,3)13-22(34-24(36)17-11-10-16(30)12-19(17)28(34,4)5)25(37)33-15-29(14-21(33)23(31)35)18-8-6-7-9-20(18)32-26(29)38/h6-12,21-22H,13-15H2,1-5H3,(H2,31,35)(H,32,38)/t21-,22?,29-/m0/s1. The van der Waals surface area contributed by atoms with E-state index in [-0.39, 0.29) is 36.6 Å². The summed E-state index contributed by atoms with van der Waals surface area (Å²) in [6.45, 7) is 9.43. The smallest absolute Gasteiger partial charge is 0.255 e. The molecule has 3 N–H and O–H groups in total. The number of hydrogen-bond acceptors (Lipinski definition) is 4. The summed E-state index contributed by atoms with van der Waals surface area (Å²) in [6, 6.07) is 9.26. The number of primary amides is 1. The van der Waals surface area contributed by atoms with Gasteiger partial charge in [-0.1, -0.05) is 39.0 Å². The van der Waals surface area contributed by atoms with Crippen LogP contribution in [0.4, 0.5) is 10.1 Å². The molecule has 3 atom stereocenters. The number of para-hydroxylation sites is 1. The number of hydrogen-bond donors (Lipinski definition) is 2. The third-order valence-electron chi connectivity index (χ3n) is 8.19. The van der Waals surface area contributed by atoms with Crippen LogP contribution in [0.25, 0.3) is 0 Å². The molecule has 8 nitrogen and oxygen atoms in total. The van der Waals surface area contributed by atoms with Crippen LogP contribution in [-0.4, -0.2) is 52.1 Å². The van der Waals surface area contributed by atoms with Crippen LogP contribution < -0.4 is 11.1 Å². The summed E-state index contributed by atoms with van der Waals surface area (Å²) < 4.78 is 14.2. The number of fused-ring (bicyclic) bond motifs is 3. The number of nitrogens with zero attached hydrogens (tertiary/aromatic N) is 2. The van der Waals surface area contributed by atoms with Gasteiger partial charge in [-0.25, -0.2) is 4.39 Å². The Kier molecular flexibility index (Phi) is 5.71. The van der Waals surface area contributed by atoms with E-state index in [1.54, 1.807) is 19.9 Å². The van der Waals surface area contributed by atoms with Crippen molar-refractivity contribution >= 4 is 29.3 Å². The van der Waals surface area contributed by atoms with E-state index in [4.69, 9.17) is 5.73 Å². The molecule has 4 amide bonds. The minimum atomic E-state index is -1.12. The Morgan fingerprint density at radius 2 is 1.82 bits per heavy atom. The summed E-state index contributed by atoms with van der Waals surface area (Å²) in [5.41, 5.74) is 5.53.